The van der Waals surface area contributed by atoms with Gasteiger partial charge in [-0.3, -0.25) is 14.5 Å². The van der Waals surface area contributed by atoms with Crippen LogP contribution in [0.1, 0.15) is 66.7 Å². The molecule has 1 aliphatic heterocycles. The van der Waals surface area contributed by atoms with Crippen molar-refractivity contribution in [2.45, 2.75) is 72.8 Å². The van der Waals surface area contributed by atoms with Crippen molar-refractivity contribution in [2.75, 3.05) is 32.7 Å². The Hall–Kier alpha value is -1.10. The molecule has 150 valence electrons. The maximum absolute atomic E-state index is 12.5. The summed E-state index contributed by atoms with van der Waals surface area (Å²) in [5.41, 5.74) is 0.159. The highest BCUT2D eigenvalue weighted by molar-refractivity contribution is 5.78. The van der Waals surface area contributed by atoms with E-state index in [1.54, 1.807) is 0 Å². The van der Waals surface area contributed by atoms with Crippen molar-refractivity contribution in [1.29, 1.82) is 0 Å². The maximum Gasteiger partial charge on any atom is 0.234 e. The highest BCUT2D eigenvalue weighted by Crippen LogP contribution is 2.28. The molecule has 5 nitrogen and oxygen atoms in total. The van der Waals surface area contributed by atoms with Gasteiger partial charge in [-0.25, -0.2) is 0 Å². The van der Waals surface area contributed by atoms with Gasteiger partial charge < -0.3 is 10.2 Å². The molecule has 0 aromatic carbocycles. The molecule has 1 heterocycles. The first-order chi connectivity index (χ1) is 12.1. The number of piperazine rings is 1. The minimum absolute atomic E-state index is 0.144. The van der Waals surface area contributed by atoms with Crippen LogP contribution in [0.3, 0.4) is 0 Å². The Morgan fingerprint density at radius 3 is 2.35 bits per heavy atom. The van der Waals surface area contributed by atoms with Crippen LogP contribution in [0, 0.1) is 17.3 Å². The Morgan fingerprint density at radius 2 is 1.77 bits per heavy atom. The number of carbonyl (C=O) groups excluding carboxylic acids is 2. The molecule has 2 rings (SSSR count). The standard InChI is InChI=1S/C21H39N3O2/c1-16-7-6-8-18(13-16)22-19(25)15-23-9-11-24(12-10-23)20(26)14-17(2)21(3,4)5/h16-18H,6-15H2,1-5H3,(H,22,25). The lowest BCUT2D eigenvalue weighted by Crippen LogP contribution is -2.52. The first kappa shape index (κ1) is 21.2. The summed E-state index contributed by atoms with van der Waals surface area (Å²) < 4.78 is 0. The van der Waals surface area contributed by atoms with E-state index in [1.165, 1.54) is 12.8 Å². The third-order valence-corrected chi connectivity index (χ3v) is 6.35. The summed E-state index contributed by atoms with van der Waals surface area (Å²) >= 11 is 0. The average molecular weight is 366 g/mol. The number of hydrogen-bond acceptors (Lipinski definition) is 3. The van der Waals surface area contributed by atoms with Crippen molar-refractivity contribution in [3.8, 4) is 0 Å². The molecule has 2 aliphatic rings. The second-order valence-electron chi connectivity index (χ2n) is 9.66. The number of nitrogens with zero attached hydrogens (tertiary/aromatic N) is 2. The lowest BCUT2D eigenvalue weighted by Gasteiger charge is -2.36. The molecule has 1 saturated carbocycles. The van der Waals surface area contributed by atoms with Crippen LogP contribution in [0.15, 0.2) is 0 Å². The van der Waals surface area contributed by atoms with Crippen LogP contribution in [0.2, 0.25) is 0 Å². The van der Waals surface area contributed by atoms with Gasteiger partial charge in [0.2, 0.25) is 11.8 Å². The van der Waals surface area contributed by atoms with Crippen LogP contribution in [0.25, 0.3) is 0 Å². The van der Waals surface area contributed by atoms with Gasteiger partial charge in [0.1, 0.15) is 0 Å². The van der Waals surface area contributed by atoms with Gasteiger partial charge in [0.15, 0.2) is 0 Å². The highest BCUT2D eigenvalue weighted by Gasteiger charge is 2.28. The number of nitrogens with one attached hydrogen (secondary N) is 1. The molecule has 0 aromatic heterocycles. The van der Waals surface area contributed by atoms with E-state index < -0.39 is 0 Å². The SMILES string of the molecule is CC1CCCC(NC(=O)CN2CCN(C(=O)CC(C)C(C)(C)C)CC2)C1. The van der Waals surface area contributed by atoms with Crippen LogP contribution in [0.5, 0.6) is 0 Å². The largest absolute Gasteiger partial charge is 0.352 e. The Bertz CT molecular complexity index is 478. The zero-order chi connectivity index (χ0) is 19.3. The smallest absolute Gasteiger partial charge is 0.234 e. The Balaban J connectivity index is 1.69. The summed E-state index contributed by atoms with van der Waals surface area (Å²) in [6, 6.07) is 0.355. The minimum atomic E-state index is 0.144. The molecule has 1 saturated heterocycles. The number of hydrogen-bond donors (Lipinski definition) is 1. The lowest BCUT2D eigenvalue weighted by molar-refractivity contribution is -0.135. The fourth-order valence-electron chi connectivity index (χ4n) is 3.89. The van der Waals surface area contributed by atoms with Gasteiger partial charge in [-0.15, -0.1) is 0 Å². The number of amides is 2. The first-order valence-corrected chi connectivity index (χ1v) is 10.4. The third-order valence-electron chi connectivity index (χ3n) is 6.35. The van der Waals surface area contributed by atoms with Gasteiger partial charge in [0.05, 0.1) is 6.54 Å². The number of carbonyl (C=O) groups is 2. The van der Waals surface area contributed by atoms with Crippen molar-refractivity contribution >= 4 is 11.8 Å². The van der Waals surface area contributed by atoms with Crippen LogP contribution < -0.4 is 5.32 Å². The van der Waals surface area contributed by atoms with Crippen molar-refractivity contribution in [3.63, 3.8) is 0 Å². The summed E-state index contributed by atoms with van der Waals surface area (Å²) in [7, 11) is 0. The summed E-state index contributed by atoms with van der Waals surface area (Å²) in [6.07, 6.45) is 5.35. The van der Waals surface area contributed by atoms with Crippen LogP contribution >= 0.6 is 0 Å². The predicted molar refractivity (Wildman–Crippen MR) is 106 cm³/mol. The van der Waals surface area contributed by atoms with Crippen molar-refractivity contribution < 1.29 is 9.59 Å². The molecule has 0 spiro atoms. The lowest BCUT2D eigenvalue weighted by atomic mass is 9.80. The van der Waals surface area contributed by atoms with Gasteiger partial charge in [0, 0.05) is 38.6 Å². The topological polar surface area (TPSA) is 52.7 Å². The van der Waals surface area contributed by atoms with E-state index >= 15 is 0 Å². The fraction of sp³-hybridized carbons (Fsp3) is 0.905. The highest BCUT2D eigenvalue weighted by atomic mass is 16.2. The molecule has 2 amide bonds. The molecule has 3 atom stereocenters. The van der Waals surface area contributed by atoms with Gasteiger partial charge in [-0.05, 0) is 30.1 Å². The van der Waals surface area contributed by atoms with Gasteiger partial charge in [0.25, 0.3) is 0 Å². The number of rotatable bonds is 5. The molecule has 26 heavy (non-hydrogen) atoms. The molecular formula is C21H39N3O2. The van der Waals surface area contributed by atoms with E-state index in [2.05, 4.69) is 44.8 Å². The van der Waals surface area contributed by atoms with Gasteiger partial charge in [-0.2, -0.15) is 0 Å². The van der Waals surface area contributed by atoms with Gasteiger partial charge in [-0.1, -0.05) is 47.5 Å². The Labute approximate surface area is 159 Å². The van der Waals surface area contributed by atoms with Crippen molar-refractivity contribution in [3.05, 3.63) is 0 Å². The van der Waals surface area contributed by atoms with Crippen LogP contribution in [-0.2, 0) is 9.59 Å². The second kappa shape index (κ2) is 9.20. The monoisotopic (exact) mass is 365 g/mol. The molecule has 0 bridgehead atoms. The molecular weight excluding hydrogens is 326 g/mol. The summed E-state index contributed by atoms with van der Waals surface area (Å²) in [4.78, 5) is 29.0. The molecule has 1 aliphatic carbocycles. The fourth-order valence-corrected chi connectivity index (χ4v) is 3.89. The van der Waals surface area contributed by atoms with E-state index in [4.69, 9.17) is 0 Å². The Kier molecular flexibility index (Phi) is 7.51. The summed E-state index contributed by atoms with van der Waals surface area (Å²) in [5.74, 6) is 1.49. The molecule has 0 radical (unpaired) electrons. The predicted octanol–water partition coefficient (Wildman–Crippen LogP) is 2.90. The maximum atomic E-state index is 12.5. The van der Waals surface area contributed by atoms with E-state index in [-0.39, 0.29) is 17.2 Å². The average Bonchev–Trinajstić information content (AvgIpc) is 2.54. The minimum Gasteiger partial charge on any atom is -0.352 e. The molecule has 1 N–H and O–H groups in total. The van der Waals surface area contributed by atoms with E-state index in [9.17, 15) is 9.59 Å². The summed E-state index contributed by atoms with van der Waals surface area (Å²) in [5, 5.41) is 3.21. The first-order valence-electron chi connectivity index (χ1n) is 10.4. The second-order valence-corrected chi connectivity index (χ2v) is 9.66. The van der Waals surface area contributed by atoms with Crippen LogP contribution in [-0.4, -0.2) is 60.4 Å². The van der Waals surface area contributed by atoms with Crippen molar-refractivity contribution in [1.82, 2.24) is 15.1 Å². The van der Waals surface area contributed by atoms with E-state index in [0.717, 1.165) is 44.9 Å². The quantitative estimate of drug-likeness (QED) is 0.815. The zero-order valence-electron chi connectivity index (χ0n) is 17.5. The normalized spacial score (nSPS) is 26.4. The van der Waals surface area contributed by atoms with E-state index in [0.29, 0.717) is 24.9 Å². The van der Waals surface area contributed by atoms with Gasteiger partial charge >= 0.3 is 0 Å². The third kappa shape index (κ3) is 6.57. The molecule has 0 aromatic rings. The van der Waals surface area contributed by atoms with E-state index in [1.807, 2.05) is 4.90 Å². The zero-order valence-corrected chi connectivity index (χ0v) is 17.5. The summed E-state index contributed by atoms with van der Waals surface area (Å²) in [6.45, 7) is 14.5. The van der Waals surface area contributed by atoms with Crippen LogP contribution in [0.4, 0.5) is 0 Å². The molecule has 3 unspecified atom stereocenters. The Morgan fingerprint density at radius 1 is 1.12 bits per heavy atom. The molecule has 5 heteroatoms. The molecule has 2 fully saturated rings. The van der Waals surface area contributed by atoms with Crippen molar-refractivity contribution in [2.24, 2.45) is 17.3 Å².